The molecule has 1 N–H and O–H groups in total. The molecule has 4 nitrogen and oxygen atoms in total. The first-order valence-electron chi connectivity index (χ1n) is 7.95. The Balaban J connectivity index is 2.20. The minimum absolute atomic E-state index is 0.239. The first kappa shape index (κ1) is 17.7. The molecule has 0 aromatic heterocycles. The fourth-order valence-corrected chi connectivity index (χ4v) is 2.76. The molecule has 24 heavy (non-hydrogen) atoms. The van der Waals surface area contributed by atoms with Crippen LogP contribution in [0.2, 0.25) is 0 Å². The molecule has 2 aromatic rings. The number of amides is 2. The highest BCUT2D eigenvalue weighted by atomic mass is 16.2. The Morgan fingerprint density at radius 2 is 1.46 bits per heavy atom. The Morgan fingerprint density at radius 1 is 0.875 bits per heavy atom. The molecule has 0 saturated heterocycles. The second-order valence-corrected chi connectivity index (χ2v) is 6.36. The molecule has 0 aliphatic heterocycles. The predicted molar refractivity (Wildman–Crippen MR) is 96.1 cm³/mol. The van der Waals surface area contributed by atoms with Gasteiger partial charge in [-0.15, -0.1) is 0 Å². The molecule has 2 aromatic carbocycles. The summed E-state index contributed by atoms with van der Waals surface area (Å²) in [5, 5.41) is 1.24. The van der Waals surface area contributed by atoms with E-state index in [0.29, 0.717) is 11.1 Å². The molecule has 0 fully saturated rings. The van der Waals surface area contributed by atoms with Crippen LogP contribution in [0.5, 0.6) is 0 Å². The van der Waals surface area contributed by atoms with Gasteiger partial charge in [0.1, 0.15) is 0 Å². The van der Waals surface area contributed by atoms with Gasteiger partial charge >= 0.3 is 0 Å². The number of hydrogen-bond donors (Lipinski definition) is 1. The minimum Gasteiger partial charge on any atom is -0.267 e. The summed E-state index contributed by atoms with van der Waals surface area (Å²) in [6.45, 7) is 9.82. The second-order valence-electron chi connectivity index (χ2n) is 6.36. The number of hydrogen-bond acceptors (Lipinski definition) is 2. The summed E-state index contributed by atoms with van der Waals surface area (Å²) in [5.41, 5.74) is 9.00. The van der Waals surface area contributed by atoms with Gasteiger partial charge in [-0.25, -0.2) is 0 Å². The van der Waals surface area contributed by atoms with Crippen molar-refractivity contribution in [2.75, 3.05) is 7.05 Å². The van der Waals surface area contributed by atoms with Crippen molar-refractivity contribution in [1.82, 2.24) is 10.4 Å². The van der Waals surface area contributed by atoms with E-state index in [-0.39, 0.29) is 11.8 Å². The zero-order valence-corrected chi connectivity index (χ0v) is 15.2. The molecule has 0 heterocycles. The molecular weight excluding hydrogens is 300 g/mol. The molecule has 0 radical (unpaired) electrons. The van der Waals surface area contributed by atoms with Crippen LogP contribution >= 0.6 is 0 Å². The number of nitrogens with one attached hydrogen (secondary N) is 1. The molecule has 2 amide bonds. The third-order valence-corrected chi connectivity index (χ3v) is 4.35. The van der Waals surface area contributed by atoms with Gasteiger partial charge in [-0.05, 0) is 69.5 Å². The molecule has 0 saturated carbocycles. The number of nitrogens with zero attached hydrogens (tertiary/aromatic N) is 1. The molecule has 126 valence electrons. The van der Waals surface area contributed by atoms with Gasteiger partial charge in [0.25, 0.3) is 11.8 Å². The maximum Gasteiger partial charge on any atom is 0.272 e. The fourth-order valence-electron chi connectivity index (χ4n) is 2.76. The van der Waals surface area contributed by atoms with Gasteiger partial charge < -0.3 is 0 Å². The minimum atomic E-state index is -0.282. The third-order valence-electron chi connectivity index (χ3n) is 4.35. The average Bonchev–Trinajstić information content (AvgIpc) is 2.50. The van der Waals surface area contributed by atoms with Gasteiger partial charge in [0.05, 0.1) is 0 Å². The maximum atomic E-state index is 12.5. The summed E-state index contributed by atoms with van der Waals surface area (Å²) in [6.07, 6.45) is 0. The van der Waals surface area contributed by atoms with E-state index in [9.17, 15) is 9.59 Å². The summed E-state index contributed by atoms with van der Waals surface area (Å²) in [6, 6.07) is 9.36. The van der Waals surface area contributed by atoms with Crippen LogP contribution in [0.25, 0.3) is 0 Å². The lowest BCUT2D eigenvalue weighted by molar-refractivity contribution is 0.0636. The van der Waals surface area contributed by atoms with Crippen LogP contribution < -0.4 is 5.43 Å². The molecule has 4 heteroatoms. The Bertz CT molecular complexity index is 789. The van der Waals surface area contributed by atoms with Crippen molar-refractivity contribution in [2.24, 2.45) is 0 Å². The number of benzene rings is 2. The average molecular weight is 324 g/mol. The maximum absolute atomic E-state index is 12.5. The van der Waals surface area contributed by atoms with E-state index in [1.165, 1.54) is 5.01 Å². The lowest BCUT2D eigenvalue weighted by Gasteiger charge is -2.20. The van der Waals surface area contributed by atoms with Crippen LogP contribution in [0.3, 0.4) is 0 Å². The van der Waals surface area contributed by atoms with Gasteiger partial charge in [0.15, 0.2) is 0 Å². The summed E-state index contributed by atoms with van der Waals surface area (Å²) in [5.74, 6) is -0.521. The van der Waals surface area contributed by atoms with Crippen LogP contribution in [-0.2, 0) is 0 Å². The summed E-state index contributed by atoms with van der Waals surface area (Å²) in [7, 11) is 1.56. The Morgan fingerprint density at radius 3 is 2.04 bits per heavy atom. The van der Waals surface area contributed by atoms with E-state index < -0.39 is 0 Å². The largest absolute Gasteiger partial charge is 0.272 e. The quantitative estimate of drug-likeness (QED) is 0.857. The van der Waals surface area contributed by atoms with Crippen molar-refractivity contribution >= 4 is 11.8 Å². The Hall–Kier alpha value is -2.62. The fraction of sp³-hybridized carbons (Fsp3) is 0.300. The van der Waals surface area contributed by atoms with Crippen LogP contribution in [0, 0.1) is 34.6 Å². The van der Waals surface area contributed by atoms with Gasteiger partial charge in [-0.3, -0.25) is 20.0 Å². The summed E-state index contributed by atoms with van der Waals surface area (Å²) < 4.78 is 0. The Kier molecular flexibility index (Phi) is 5.07. The van der Waals surface area contributed by atoms with Crippen LogP contribution in [0.1, 0.15) is 48.5 Å². The second kappa shape index (κ2) is 6.87. The molecular formula is C20H24N2O2. The highest BCUT2D eigenvalue weighted by Gasteiger charge is 2.17. The zero-order valence-electron chi connectivity index (χ0n) is 15.2. The number of aryl methyl sites for hydroxylation is 3. The highest BCUT2D eigenvalue weighted by molar-refractivity contribution is 6.00. The van der Waals surface area contributed by atoms with Crippen molar-refractivity contribution in [3.05, 3.63) is 69.3 Å². The predicted octanol–water partition coefficient (Wildman–Crippen LogP) is 3.65. The molecule has 0 unspecified atom stereocenters. The van der Waals surface area contributed by atoms with Crippen molar-refractivity contribution in [2.45, 2.75) is 34.6 Å². The SMILES string of the molecule is Cc1cc(C)cc(C(=O)N(C)NC(=O)c2ccc(C)c(C)c2C)c1. The third kappa shape index (κ3) is 3.65. The van der Waals surface area contributed by atoms with Crippen molar-refractivity contribution in [1.29, 1.82) is 0 Å². The van der Waals surface area contributed by atoms with Crippen LogP contribution in [-0.4, -0.2) is 23.9 Å². The molecule has 0 atom stereocenters. The van der Waals surface area contributed by atoms with Crippen molar-refractivity contribution in [3.63, 3.8) is 0 Å². The number of carbonyl (C=O) groups excluding carboxylic acids is 2. The lowest BCUT2D eigenvalue weighted by atomic mass is 9.98. The first-order chi connectivity index (χ1) is 11.2. The van der Waals surface area contributed by atoms with Gasteiger partial charge in [0, 0.05) is 18.2 Å². The van der Waals surface area contributed by atoms with Crippen LogP contribution in [0.15, 0.2) is 30.3 Å². The number of hydrazine groups is 1. The van der Waals surface area contributed by atoms with Crippen molar-refractivity contribution < 1.29 is 9.59 Å². The molecule has 0 aliphatic carbocycles. The molecule has 0 spiro atoms. The van der Waals surface area contributed by atoms with Gasteiger partial charge in [0.2, 0.25) is 0 Å². The Labute approximate surface area is 143 Å². The van der Waals surface area contributed by atoms with E-state index in [2.05, 4.69) is 5.43 Å². The summed E-state index contributed by atoms with van der Waals surface area (Å²) >= 11 is 0. The van der Waals surface area contributed by atoms with E-state index in [0.717, 1.165) is 27.8 Å². The van der Waals surface area contributed by atoms with E-state index >= 15 is 0 Å². The monoisotopic (exact) mass is 324 g/mol. The zero-order chi connectivity index (χ0) is 18.0. The lowest BCUT2D eigenvalue weighted by Crippen LogP contribution is -2.43. The first-order valence-corrected chi connectivity index (χ1v) is 7.95. The van der Waals surface area contributed by atoms with E-state index in [1.54, 1.807) is 13.1 Å². The van der Waals surface area contributed by atoms with Gasteiger partial charge in [-0.1, -0.05) is 23.3 Å². The summed E-state index contributed by atoms with van der Waals surface area (Å²) in [4.78, 5) is 25.0. The van der Waals surface area contributed by atoms with Gasteiger partial charge in [-0.2, -0.15) is 0 Å². The number of rotatable bonds is 2. The molecule has 0 bridgehead atoms. The molecule has 2 rings (SSSR count). The topological polar surface area (TPSA) is 49.4 Å². The van der Waals surface area contributed by atoms with E-state index in [4.69, 9.17) is 0 Å². The van der Waals surface area contributed by atoms with Crippen molar-refractivity contribution in [3.8, 4) is 0 Å². The van der Waals surface area contributed by atoms with E-state index in [1.807, 2.05) is 58.9 Å². The normalized spacial score (nSPS) is 10.4. The number of carbonyl (C=O) groups is 2. The van der Waals surface area contributed by atoms with Crippen LogP contribution in [0.4, 0.5) is 0 Å². The molecule has 0 aliphatic rings. The highest BCUT2D eigenvalue weighted by Crippen LogP contribution is 2.17. The smallest absolute Gasteiger partial charge is 0.267 e. The standard InChI is InChI=1S/C20H24N2O2/c1-12-9-13(2)11-17(10-12)20(24)22(6)21-19(23)18-8-7-14(3)15(4)16(18)5/h7-11H,1-6H3,(H,21,23).